The Morgan fingerprint density at radius 1 is 1.21 bits per heavy atom. The second-order valence-electron chi connectivity index (χ2n) is 7.97. The zero-order chi connectivity index (χ0) is 22.2. The van der Waals surface area contributed by atoms with E-state index in [0.29, 0.717) is 42.8 Å². The Morgan fingerprint density at radius 3 is 2.85 bits per heavy atom. The molecule has 0 bridgehead atoms. The third-order valence-corrected chi connectivity index (χ3v) is 5.14. The van der Waals surface area contributed by atoms with Crippen molar-refractivity contribution in [3.05, 3.63) is 59.5 Å². The molecule has 4 rings (SSSR count). The van der Waals surface area contributed by atoms with Gasteiger partial charge in [0.2, 0.25) is 0 Å². The van der Waals surface area contributed by atoms with Crippen LogP contribution in [0.2, 0.25) is 0 Å². The molecule has 1 fully saturated rings. The van der Waals surface area contributed by atoms with Gasteiger partial charge in [-0.15, -0.1) is 24.0 Å². The van der Waals surface area contributed by atoms with Crippen LogP contribution in [0, 0.1) is 12.8 Å². The highest BCUT2D eigenvalue weighted by molar-refractivity contribution is 14.0. The molecule has 2 heterocycles. The minimum absolute atomic E-state index is 0. The first-order valence-corrected chi connectivity index (χ1v) is 11.2. The Morgan fingerprint density at radius 2 is 2.09 bits per heavy atom. The first-order chi connectivity index (χ1) is 15.7. The maximum atomic E-state index is 6.07. The van der Waals surface area contributed by atoms with Crippen molar-refractivity contribution >= 4 is 29.9 Å². The SMILES string of the molecule is CCNC(=NCc1ccc(C)cc1OCC1CC1)NCCc1noc(-c2ccccn2)n1.I. The monoisotopic (exact) mass is 562 g/mol. The van der Waals surface area contributed by atoms with E-state index in [2.05, 4.69) is 50.9 Å². The van der Waals surface area contributed by atoms with Crippen LogP contribution in [0.1, 0.15) is 36.7 Å². The summed E-state index contributed by atoms with van der Waals surface area (Å²) < 4.78 is 11.4. The number of nitrogens with one attached hydrogen (secondary N) is 2. The summed E-state index contributed by atoms with van der Waals surface area (Å²) in [5.74, 6) is 3.46. The number of nitrogens with zero attached hydrogens (tertiary/aromatic N) is 4. The van der Waals surface area contributed by atoms with Gasteiger partial charge in [0, 0.05) is 31.3 Å². The van der Waals surface area contributed by atoms with E-state index in [0.717, 1.165) is 30.4 Å². The van der Waals surface area contributed by atoms with Crippen molar-refractivity contribution in [3.63, 3.8) is 0 Å². The van der Waals surface area contributed by atoms with Crippen LogP contribution in [0.4, 0.5) is 0 Å². The molecule has 2 N–H and O–H groups in total. The van der Waals surface area contributed by atoms with Gasteiger partial charge >= 0.3 is 0 Å². The van der Waals surface area contributed by atoms with Gasteiger partial charge < -0.3 is 19.9 Å². The van der Waals surface area contributed by atoms with Crippen molar-refractivity contribution in [3.8, 4) is 17.3 Å². The smallest absolute Gasteiger partial charge is 0.276 e. The number of hydrogen-bond acceptors (Lipinski definition) is 6. The van der Waals surface area contributed by atoms with Crippen molar-refractivity contribution < 1.29 is 9.26 Å². The van der Waals surface area contributed by atoms with E-state index in [1.165, 1.54) is 18.4 Å². The number of guanidine groups is 1. The van der Waals surface area contributed by atoms with Gasteiger partial charge in [-0.3, -0.25) is 4.98 Å². The van der Waals surface area contributed by atoms with Crippen LogP contribution in [-0.4, -0.2) is 40.8 Å². The molecule has 0 radical (unpaired) electrons. The summed E-state index contributed by atoms with van der Waals surface area (Å²) in [4.78, 5) is 13.4. The maximum Gasteiger partial charge on any atom is 0.276 e. The summed E-state index contributed by atoms with van der Waals surface area (Å²) in [6, 6.07) is 11.9. The number of hydrogen-bond donors (Lipinski definition) is 2. The van der Waals surface area contributed by atoms with Gasteiger partial charge in [0.05, 0.1) is 13.2 Å². The molecule has 9 heteroatoms. The number of halogens is 1. The lowest BCUT2D eigenvalue weighted by Gasteiger charge is -2.13. The van der Waals surface area contributed by atoms with E-state index in [9.17, 15) is 0 Å². The van der Waals surface area contributed by atoms with Gasteiger partial charge in [0.1, 0.15) is 11.4 Å². The highest BCUT2D eigenvalue weighted by atomic mass is 127. The van der Waals surface area contributed by atoms with Crippen LogP contribution < -0.4 is 15.4 Å². The van der Waals surface area contributed by atoms with Crippen LogP contribution >= 0.6 is 24.0 Å². The quantitative estimate of drug-likeness (QED) is 0.218. The van der Waals surface area contributed by atoms with Crippen molar-refractivity contribution in [1.29, 1.82) is 0 Å². The fourth-order valence-corrected chi connectivity index (χ4v) is 3.17. The second-order valence-corrected chi connectivity index (χ2v) is 7.97. The van der Waals surface area contributed by atoms with Crippen LogP contribution in [0.3, 0.4) is 0 Å². The van der Waals surface area contributed by atoms with Crippen molar-refractivity contribution in [1.82, 2.24) is 25.8 Å². The Bertz CT molecular complexity index is 1040. The summed E-state index contributed by atoms with van der Waals surface area (Å²) in [6.45, 7) is 6.87. The van der Waals surface area contributed by atoms with Gasteiger partial charge in [-0.25, -0.2) is 4.99 Å². The lowest BCUT2D eigenvalue weighted by atomic mass is 10.1. The van der Waals surface area contributed by atoms with Crippen LogP contribution in [0.25, 0.3) is 11.6 Å². The van der Waals surface area contributed by atoms with Crippen LogP contribution in [0.5, 0.6) is 5.75 Å². The van der Waals surface area contributed by atoms with E-state index < -0.39 is 0 Å². The van der Waals surface area contributed by atoms with E-state index in [-0.39, 0.29) is 24.0 Å². The third-order valence-electron chi connectivity index (χ3n) is 5.14. The van der Waals surface area contributed by atoms with Gasteiger partial charge in [-0.05, 0) is 56.4 Å². The molecule has 1 aliphatic rings. The first-order valence-electron chi connectivity index (χ1n) is 11.2. The number of aliphatic imine (C=N–C) groups is 1. The fourth-order valence-electron chi connectivity index (χ4n) is 3.17. The normalized spacial score (nSPS) is 13.3. The zero-order valence-corrected chi connectivity index (χ0v) is 21.4. The second kappa shape index (κ2) is 12.5. The van der Waals surface area contributed by atoms with E-state index in [4.69, 9.17) is 14.3 Å². The van der Waals surface area contributed by atoms with E-state index >= 15 is 0 Å². The number of pyridine rings is 1. The summed E-state index contributed by atoms with van der Waals surface area (Å²) in [7, 11) is 0. The molecule has 33 heavy (non-hydrogen) atoms. The highest BCUT2D eigenvalue weighted by Gasteiger charge is 2.22. The number of rotatable bonds is 10. The van der Waals surface area contributed by atoms with Crippen LogP contribution in [-0.2, 0) is 13.0 Å². The molecule has 176 valence electrons. The highest BCUT2D eigenvalue weighted by Crippen LogP contribution is 2.31. The molecule has 0 amide bonds. The number of aryl methyl sites for hydroxylation is 1. The fraction of sp³-hybridized carbons (Fsp3) is 0.417. The van der Waals surface area contributed by atoms with Gasteiger partial charge in [-0.1, -0.05) is 23.4 Å². The molecule has 0 aliphatic heterocycles. The minimum Gasteiger partial charge on any atom is -0.493 e. The van der Waals surface area contributed by atoms with Gasteiger partial charge in [0.25, 0.3) is 5.89 Å². The number of aromatic nitrogens is 3. The third kappa shape index (κ3) is 7.69. The van der Waals surface area contributed by atoms with E-state index in [1.54, 1.807) is 6.20 Å². The summed E-state index contributed by atoms with van der Waals surface area (Å²) in [5.41, 5.74) is 2.96. The Balaban J connectivity index is 0.00000306. The van der Waals surface area contributed by atoms with Gasteiger partial charge in [0.15, 0.2) is 11.8 Å². The molecule has 2 aromatic heterocycles. The summed E-state index contributed by atoms with van der Waals surface area (Å²) in [6.07, 6.45) is 4.87. The molecule has 0 atom stereocenters. The minimum atomic E-state index is 0. The molecular weight excluding hydrogens is 531 g/mol. The predicted molar refractivity (Wildman–Crippen MR) is 139 cm³/mol. The van der Waals surface area contributed by atoms with E-state index in [1.807, 2.05) is 25.1 Å². The Hall–Kier alpha value is -2.69. The van der Waals surface area contributed by atoms with Crippen molar-refractivity contribution in [2.45, 2.75) is 39.7 Å². The predicted octanol–water partition coefficient (Wildman–Crippen LogP) is 4.14. The number of benzene rings is 1. The average Bonchev–Trinajstić information content (AvgIpc) is 3.53. The number of ether oxygens (including phenoxy) is 1. The lowest BCUT2D eigenvalue weighted by molar-refractivity contribution is 0.296. The zero-order valence-electron chi connectivity index (χ0n) is 19.1. The molecule has 3 aromatic rings. The topological polar surface area (TPSA) is 97.5 Å². The van der Waals surface area contributed by atoms with Crippen LogP contribution in [0.15, 0.2) is 52.1 Å². The molecule has 0 unspecified atom stereocenters. The summed E-state index contributed by atoms with van der Waals surface area (Å²) in [5, 5.41) is 10.7. The van der Waals surface area contributed by atoms with Crippen molar-refractivity contribution in [2.24, 2.45) is 10.9 Å². The van der Waals surface area contributed by atoms with Crippen molar-refractivity contribution in [2.75, 3.05) is 19.7 Å². The largest absolute Gasteiger partial charge is 0.493 e. The molecule has 0 saturated heterocycles. The average molecular weight is 562 g/mol. The molecule has 8 nitrogen and oxygen atoms in total. The maximum absolute atomic E-state index is 6.07. The summed E-state index contributed by atoms with van der Waals surface area (Å²) >= 11 is 0. The standard InChI is InChI=1S/C24H30N6O2.HI/c1-3-25-24(27-13-11-22-29-23(32-30-22)20-6-4-5-12-26-20)28-15-19-10-7-17(2)14-21(19)31-16-18-8-9-18;/h4-7,10,12,14,18H,3,8-9,11,13,15-16H2,1-2H3,(H2,25,27,28);1H. The Kier molecular flexibility index (Phi) is 9.47. The molecule has 1 aromatic carbocycles. The molecular formula is C24H31IN6O2. The molecule has 1 aliphatic carbocycles. The molecule has 0 spiro atoms. The lowest BCUT2D eigenvalue weighted by Crippen LogP contribution is -2.38. The van der Waals surface area contributed by atoms with Gasteiger partial charge in [-0.2, -0.15) is 4.98 Å². The Labute approximate surface area is 211 Å². The molecule has 1 saturated carbocycles. The first kappa shape index (κ1) is 24.9.